The van der Waals surface area contributed by atoms with Gasteiger partial charge < -0.3 is 5.32 Å². The Morgan fingerprint density at radius 2 is 1.88 bits per heavy atom. The maximum absolute atomic E-state index is 6.51. The van der Waals surface area contributed by atoms with E-state index in [0.29, 0.717) is 10.0 Å². The third-order valence-corrected chi connectivity index (χ3v) is 5.89. The van der Waals surface area contributed by atoms with Gasteiger partial charge in [-0.2, -0.15) is 5.10 Å². The van der Waals surface area contributed by atoms with Crippen molar-refractivity contribution in [2.45, 2.75) is 33.1 Å². The number of aryl methyl sites for hydroxylation is 2. The summed E-state index contributed by atoms with van der Waals surface area (Å²) in [5, 5.41) is 9.65. The summed E-state index contributed by atoms with van der Waals surface area (Å²) in [6, 6.07) is 12.2. The standard InChI is InChI=1S/C21H21Cl2N3/c1-13-9-10-15(12-14(13)2)26-21-17(6-3-4-11-24-21)20(25-26)16-7-5-8-18(22)19(16)23/h5,7-10,12,24H,3-4,6,11H2,1-2H3. The van der Waals surface area contributed by atoms with Crippen LogP contribution < -0.4 is 5.32 Å². The molecule has 1 N–H and O–H groups in total. The Labute approximate surface area is 163 Å². The molecule has 0 saturated carbocycles. The number of hydrogen-bond acceptors (Lipinski definition) is 2. The van der Waals surface area contributed by atoms with Crippen LogP contribution in [0, 0.1) is 13.8 Å². The normalized spacial score (nSPS) is 13.8. The van der Waals surface area contributed by atoms with Crippen LogP contribution in [0.2, 0.25) is 10.0 Å². The molecule has 0 fully saturated rings. The molecule has 0 saturated heterocycles. The van der Waals surface area contributed by atoms with Crippen LogP contribution in [0.25, 0.3) is 16.9 Å². The van der Waals surface area contributed by atoms with E-state index in [-0.39, 0.29) is 0 Å². The molecule has 3 nitrogen and oxygen atoms in total. The van der Waals surface area contributed by atoms with Crippen LogP contribution in [-0.2, 0) is 6.42 Å². The van der Waals surface area contributed by atoms with Crippen LogP contribution in [0.4, 0.5) is 5.82 Å². The maximum Gasteiger partial charge on any atom is 0.133 e. The van der Waals surface area contributed by atoms with Crippen LogP contribution in [0.15, 0.2) is 36.4 Å². The number of nitrogens with one attached hydrogen (secondary N) is 1. The Bertz CT molecular complexity index is 976. The van der Waals surface area contributed by atoms with E-state index in [1.54, 1.807) is 0 Å². The smallest absolute Gasteiger partial charge is 0.133 e. The number of anilines is 1. The Hall–Kier alpha value is -1.97. The van der Waals surface area contributed by atoms with Crippen LogP contribution in [0.5, 0.6) is 0 Å². The fourth-order valence-corrected chi connectivity index (χ4v) is 3.84. The van der Waals surface area contributed by atoms with Gasteiger partial charge in [0, 0.05) is 17.7 Å². The van der Waals surface area contributed by atoms with E-state index in [0.717, 1.165) is 48.6 Å². The zero-order valence-corrected chi connectivity index (χ0v) is 16.5. The first-order valence-corrected chi connectivity index (χ1v) is 9.69. The molecule has 0 atom stereocenters. The number of fused-ring (bicyclic) bond motifs is 1. The molecule has 0 spiro atoms. The van der Waals surface area contributed by atoms with Gasteiger partial charge in [-0.3, -0.25) is 0 Å². The Morgan fingerprint density at radius 1 is 1.04 bits per heavy atom. The first-order valence-electron chi connectivity index (χ1n) is 8.94. The van der Waals surface area contributed by atoms with Crippen LogP contribution in [0.3, 0.4) is 0 Å². The molecule has 1 aliphatic heterocycles. The second-order valence-electron chi connectivity index (χ2n) is 6.84. The number of nitrogens with zero attached hydrogens (tertiary/aromatic N) is 2. The lowest BCUT2D eigenvalue weighted by molar-refractivity contribution is 0.780. The molecule has 1 aliphatic rings. The molecule has 26 heavy (non-hydrogen) atoms. The summed E-state index contributed by atoms with van der Waals surface area (Å²) in [5.74, 6) is 1.07. The van der Waals surface area contributed by atoms with Crippen molar-refractivity contribution in [2.75, 3.05) is 11.9 Å². The predicted molar refractivity (Wildman–Crippen MR) is 110 cm³/mol. The molecule has 0 amide bonds. The molecule has 2 heterocycles. The van der Waals surface area contributed by atoms with E-state index in [4.69, 9.17) is 28.3 Å². The van der Waals surface area contributed by atoms with Crippen molar-refractivity contribution >= 4 is 29.0 Å². The molecule has 0 unspecified atom stereocenters. The van der Waals surface area contributed by atoms with Crippen molar-refractivity contribution in [3.05, 3.63) is 63.1 Å². The van der Waals surface area contributed by atoms with Gasteiger partial charge in [-0.05, 0) is 62.4 Å². The van der Waals surface area contributed by atoms with Gasteiger partial charge in [0.15, 0.2) is 0 Å². The van der Waals surface area contributed by atoms with E-state index in [1.807, 2.05) is 22.9 Å². The number of halogens is 2. The number of benzene rings is 2. The summed E-state index contributed by atoms with van der Waals surface area (Å²) in [6.45, 7) is 5.20. The zero-order valence-electron chi connectivity index (χ0n) is 14.9. The highest BCUT2D eigenvalue weighted by atomic mass is 35.5. The molecule has 4 rings (SSSR count). The summed E-state index contributed by atoms with van der Waals surface area (Å²) < 4.78 is 2.01. The summed E-state index contributed by atoms with van der Waals surface area (Å²) in [4.78, 5) is 0. The van der Waals surface area contributed by atoms with E-state index in [2.05, 4.69) is 37.4 Å². The molecule has 134 valence electrons. The quantitative estimate of drug-likeness (QED) is 0.567. The lowest BCUT2D eigenvalue weighted by Gasteiger charge is -2.10. The monoisotopic (exact) mass is 385 g/mol. The minimum Gasteiger partial charge on any atom is -0.370 e. The highest BCUT2D eigenvalue weighted by molar-refractivity contribution is 6.43. The molecule has 0 radical (unpaired) electrons. The van der Waals surface area contributed by atoms with Crippen molar-refractivity contribution in [3.8, 4) is 16.9 Å². The van der Waals surface area contributed by atoms with Gasteiger partial charge in [0.05, 0.1) is 21.4 Å². The Kier molecular flexibility index (Phi) is 4.68. The summed E-state index contributed by atoms with van der Waals surface area (Å²) in [7, 11) is 0. The molecule has 1 aromatic heterocycles. The first kappa shape index (κ1) is 17.4. The van der Waals surface area contributed by atoms with E-state index < -0.39 is 0 Å². The predicted octanol–water partition coefficient (Wildman–Crippen LogP) is 6.21. The first-order chi connectivity index (χ1) is 12.6. The number of rotatable bonds is 2. The fourth-order valence-electron chi connectivity index (χ4n) is 3.45. The third-order valence-electron chi connectivity index (χ3n) is 5.07. The second-order valence-corrected chi connectivity index (χ2v) is 7.63. The van der Waals surface area contributed by atoms with Crippen LogP contribution in [0.1, 0.15) is 29.5 Å². The molecule has 5 heteroatoms. The summed E-state index contributed by atoms with van der Waals surface area (Å²) in [6.07, 6.45) is 3.25. The summed E-state index contributed by atoms with van der Waals surface area (Å²) in [5.41, 5.74) is 6.61. The van der Waals surface area contributed by atoms with E-state index in [9.17, 15) is 0 Å². The van der Waals surface area contributed by atoms with Crippen LogP contribution >= 0.6 is 23.2 Å². The van der Waals surface area contributed by atoms with Crippen molar-refractivity contribution in [3.63, 3.8) is 0 Å². The van der Waals surface area contributed by atoms with Gasteiger partial charge in [-0.25, -0.2) is 4.68 Å². The van der Waals surface area contributed by atoms with Gasteiger partial charge in [0.1, 0.15) is 5.82 Å². The lowest BCUT2D eigenvalue weighted by Crippen LogP contribution is -2.07. The lowest BCUT2D eigenvalue weighted by atomic mass is 10.0. The minimum absolute atomic E-state index is 0.556. The third kappa shape index (κ3) is 3.00. The molecule has 2 aromatic carbocycles. The van der Waals surface area contributed by atoms with Crippen molar-refractivity contribution in [1.29, 1.82) is 0 Å². The molecule has 0 bridgehead atoms. The van der Waals surface area contributed by atoms with Gasteiger partial charge in [-0.15, -0.1) is 0 Å². The zero-order chi connectivity index (χ0) is 18.3. The fraction of sp³-hybridized carbons (Fsp3) is 0.286. The largest absolute Gasteiger partial charge is 0.370 e. The maximum atomic E-state index is 6.51. The minimum atomic E-state index is 0.556. The Balaban J connectivity index is 1.94. The molecule has 0 aliphatic carbocycles. The summed E-state index contributed by atoms with van der Waals surface area (Å²) >= 11 is 12.8. The van der Waals surface area contributed by atoms with Crippen molar-refractivity contribution in [2.24, 2.45) is 0 Å². The molecule has 3 aromatic rings. The van der Waals surface area contributed by atoms with Gasteiger partial charge in [0.25, 0.3) is 0 Å². The highest BCUT2D eigenvalue weighted by Crippen LogP contribution is 2.39. The average molecular weight is 386 g/mol. The van der Waals surface area contributed by atoms with E-state index in [1.165, 1.54) is 16.7 Å². The Morgan fingerprint density at radius 3 is 2.69 bits per heavy atom. The number of hydrogen-bond donors (Lipinski definition) is 1. The number of aromatic nitrogens is 2. The second kappa shape index (κ2) is 6.98. The highest BCUT2D eigenvalue weighted by Gasteiger charge is 2.23. The topological polar surface area (TPSA) is 29.9 Å². The van der Waals surface area contributed by atoms with Gasteiger partial charge >= 0.3 is 0 Å². The van der Waals surface area contributed by atoms with Gasteiger partial charge in [-0.1, -0.05) is 41.4 Å². The van der Waals surface area contributed by atoms with Crippen molar-refractivity contribution in [1.82, 2.24) is 9.78 Å². The van der Waals surface area contributed by atoms with Crippen LogP contribution in [-0.4, -0.2) is 16.3 Å². The van der Waals surface area contributed by atoms with Gasteiger partial charge in [0.2, 0.25) is 0 Å². The van der Waals surface area contributed by atoms with E-state index >= 15 is 0 Å². The average Bonchev–Trinajstić information content (AvgIpc) is 2.81. The SMILES string of the molecule is Cc1ccc(-n2nc(-c3cccc(Cl)c3Cl)c3c2NCCCC3)cc1C. The molecular weight excluding hydrogens is 365 g/mol. The van der Waals surface area contributed by atoms with Crippen molar-refractivity contribution < 1.29 is 0 Å². The molecular formula is C21H21Cl2N3.